The third kappa shape index (κ3) is 3.70. The van der Waals surface area contributed by atoms with E-state index in [9.17, 15) is 38.9 Å². The summed E-state index contributed by atoms with van der Waals surface area (Å²) < 4.78 is 104. The molecule has 0 aliphatic rings. The van der Waals surface area contributed by atoms with Crippen LogP contribution in [0, 0.1) is 0 Å². The van der Waals surface area contributed by atoms with Gasteiger partial charge in [-0.2, -0.15) is 25.3 Å². The summed E-state index contributed by atoms with van der Waals surface area (Å²) in [6.07, 6.45) is 0. The van der Waals surface area contributed by atoms with Crippen molar-refractivity contribution >= 4 is 95.0 Å². The molecule has 8 rings (SSSR count). The van der Waals surface area contributed by atoms with Gasteiger partial charge in [-0.3, -0.25) is 13.7 Å². The zero-order chi connectivity index (χ0) is 30.9. The Balaban J connectivity index is 1.54. The molecule has 218 valence electrons. The van der Waals surface area contributed by atoms with Crippen LogP contribution >= 0.6 is 0 Å². The molecule has 3 N–H and O–H groups in total. The van der Waals surface area contributed by atoms with Crippen molar-refractivity contribution in [2.75, 3.05) is 0 Å². The summed E-state index contributed by atoms with van der Waals surface area (Å²) in [5.41, 5.74) is 1.50. The average molecular weight is 643 g/mol. The smallest absolute Gasteiger partial charge is 0.282 e. The highest BCUT2D eigenvalue weighted by atomic mass is 32.2. The van der Waals surface area contributed by atoms with Crippen LogP contribution in [-0.2, 0) is 30.4 Å². The molecule has 12 heteroatoms. The molecule has 0 bridgehead atoms. The highest BCUT2D eigenvalue weighted by molar-refractivity contribution is 7.86. The van der Waals surface area contributed by atoms with Crippen molar-refractivity contribution in [3.8, 4) is 11.1 Å². The van der Waals surface area contributed by atoms with Crippen LogP contribution in [0.25, 0.3) is 75.8 Å². The molecule has 8 aromatic rings. The van der Waals surface area contributed by atoms with Crippen LogP contribution in [0.4, 0.5) is 0 Å². The van der Waals surface area contributed by atoms with Gasteiger partial charge in [0.2, 0.25) is 0 Å². The van der Waals surface area contributed by atoms with E-state index in [4.69, 9.17) is 0 Å². The standard InChI is InChI=1S/C32H18O9S3/c33-42(34,35)26-13-5-17-2-1-16-3-6-19(21-8-10-23(26)30(17)29(16)21)20-7-4-18-15-28(44(39,40)41)25-12-14-27(43(36,37)38)24-11-9-22(20)31(18)32(24)25/h1-15H,(H,33,34,35)(H,36,37,38)(H,39,40,41). The van der Waals surface area contributed by atoms with Gasteiger partial charge in [0.1, 0.15) is 14.7 Å². The maximum Gasteiger partial charge on any atom is 0.295 e. The molecule has 0 atom stereocenters. The lowest BCUT2D eigenvalue weighted by molar-refractivity contribution is 0.482. The third-order valence-electron chi connectivity index (χ3n) is 8.45. The zero-order valence-electron chi connectivity index (χ0n) is 22.2. The van der Waals surface area contributed by atoms with E-state index >= 15 is 0 Å². The summed E-state index contributed by atoms with van der Waals surface area (Å²) in [6.45, 7) is 0. The molecule has 0 unspecified atom stereocenters. The molecule has 0 radical (unpaired) electrons. The van der Waals surface area contributed by atoms with E-state index in [0.29, 0.717) is 26.9 Å². The maximum atomic E-state index is 12.4. The van der Waals surface area contributed by atoms with Gasteiger partial charge >= 0.3 is 0 Å². The van der Waals surface area contributed by atoms with Gasteiger partial charge in [-0.15, -0.1) is 0 Å². The Morgan fingerprint density at radius 3 is 1.23 bits per heavy atom. The SMILES string of the molecule is O=S(=O)(O)c1ccc2ccc3ccc(-c4ccc5cc(S(=O)(=O)O)c6ccc(S(=O)(=O)O)c7ccc4c5c76)c4ccc1c2c34. The van der Waals surface area contributed by atoms with Gasteiger partial charge in [-0.25, -0.2) is 0 Å². The van der Waals surface area contributed by atoms with E-state index in [0.717, 1.165) is 38.7 Å². The van der Waals surface area contributed by atoms with Crippen molar-refractivity contribution in [3.05, 3.63) is 91.0 Å². The van der Waals surface area contributed by atoms with E-state index in [1.165, 1.54) is 24.3 Å². The molecule has 0 heterocycles. The first kappa shape index (κ1) is 27.1. The van der Waals surface area contributed by atoms with Gasteiger partial charge in [-0.1, -0.05) is 72.8 Å². The number of benzene rings is 8. The summed E-state index contributed by atoms with van der Waals surface area (Å²) in [5, 5.41) is 6.33. The van der Waals surface area contributed by atoms with Gasteiger partial charge in [0.05, 0.1) is 0 Å². The molecule has 9 nitrogen and oxygen atoms in total. The lowest BCUT2D eigenvalue weighted by Gasteiger charge is -2.19. The molecule has 0 spiro atoms. The Hall–Kier alpha value is -4.43. The minimum absolute atomic E-state index is 0.0956. The summed E-state index contributed by atoms with van der Waals surface area (Å²) in [4.78, 5) is -0.991. The first-order valence-electron chi connectivity index (χ1n) is 13.1. The second-order valence-electron chi connectivity index (χ2n) is 10.8. The minimum Gasteiger partial charge on any atom is -0.282 e. The van der Waals surface area contributed by atoms with Gasteiger partial charge < -0.3 is 0 Å². The third-order valence-corrected chi connectivity index (χ3v) is 11.2. The maximum absolute atomic E-state index is 12.4. The van der Waals surface area contributed by atoms with E-state index in [2.05, 4.69) is 0 Å². The highest BCUT2D eigenvalue weighted by Gasteiger charge is 2.25. The second-order valence-corrected chi connectivity index (χ2v) is 14.9. The lowest BCUT2D eigenvalue weighted by Crippen LogP contribution is -2.03. The number of hydrogen-bond acceptors (Lipinski definition) is 6. The van der Waals surface area contributed by atoms with Crippen molar-refractivity contribution in [1.82, 2.24) is 0 Å². The van der Waals surface area contributed by atoms with Crippen molar-refractivity contribution in [3.63, 3.8) is 0 Å². The van der Waals surface area contributed by atoms with E-state index in [1.807, 2.05) is 24.3 Å². The molecule has 0 aromatic heterocycles. The normalized spacial score (nSPS) is 13.4. The first-order valence-corrected chi connectivity index (χ1v) is 17.4. The Kier molecular flexibility index (Phi) is 5.30. The van der Waals surface area contributed by atoms with Gasteiger partial charge in [0.15, 0.2) is 0 Å². The summed E-state index contributed by atoms with van der Waals surface area (Å²) >= 11 is 0. The summed E-state index contributed by atoms with van der Waals surface area (Å²) in [6, 6.07) is 24.5. The quantitative estimate of drug-likeness (QED) is 0.137. The Bertz CT molecular complexity index is 2890. The number of rotatable bonds is 4. The summed E-state index contributed by atoms with van der Waals surface area (Å²) in [5.74, 6) is 0. The van der Waals surface area contributed by atoms with Crippen LogP contribution in [0.2, 0.25) is 0 Å². The van der Waals surface area contributed by atoms with Crippen LogP contribution < -0.4 is 0 Å². The molecular weight excluding hydrogens is 625 g/mol. The van der Waals surface area contributed by atoms with Crippen molar-refractivity contribution in [1.29, 1.82) is 0 Å². The molecule has 0 saturated heterocycles. The molecule has 0 fully saturated rings. The largest absolute Gasteiger partial charge is 0.295 e. The van der Waals surface area contributed by atoms with Crippen LogP contribution in [0.1, 0.15) is 0 Å². The minimum atomic E-state index is -4.71. The first-order chi connectivity index (χ1) is 20.7. The monoisotopic (exact) mass is 642 g/mol. The van der Waals surface area contributed by atoms with E-state index in [-0.39, 0.29) is 21.1 Å². The van der Waals surface area contributed by atoms with Crippen LogP contribution in [-0.4, -0.2) is 38.9 Å². The van der Waals surface area contributed by atoms with E-state index in [1.54, 1.807) is 36.4 Å². The Morgan fingerprint density at radius 2 is 0.682 bits per heavy atom. The van der Waals surface area contributed by atoms with Crippen LogP contribution in [0.3, 0.4) is 0 Å². The van der Waals surface area contributed by atoms with E-state index < -0.39 is 40.1 Å². The average Bonchev–Trinajstić information content (AvgIpc) is 2.96. The van der Waals surface area contributed by atoms with Crippen molar-refractivity contribution in [2.45, 2.75) is 14.7 Å². The van der Waals surface area contributed by atoms with Crippen LogP contribution in [0.5, 0.6) is 0 Å². The van der Waals surface area contributed by atoms with Gasteiger partial charge in [-0.05, 0) is 72.4 Å². The van der Waals surface area contributed by atoms with Gasteiger partial charge in [0.25, 0.3) is 30.4 Å². The molecular formula is C32H18O9S3. The molecule has 0 amide bonds. The topological polar surface area (TPSA) is 163 Å². The molecule has 0 aliphatic carbocycles. The highest BCUT2D eigenvalue weighted by Crippen LogP contribution is 2.46. The summed E-state index contributed by atoms with van der Waals surface area (Å²) in [7, 11) is -13.9. The van der Waals surface area contributed by atoms with Gasteiger partial charge in [0, 0.05) is 21.5 Å². The second kappa shape index (κ2) is 8.60. The molecule has 8 aromatic carbocycles. The zero-order valence-corrected chi connectivity index (χ0v) is 24.6. The molecule has 44 heavy (non-hydrogen) atoms. The van der Waals surface area contributed by atoms with Crippen molar-refractivity contribution < 1.29 is 38.9 Å². The fraction of sp³-hybridized carbons (Fsp3) is 0. The Labute approximate surface area is 249 Å². The predicted molar refractivity (Wildman–Crippen MR) is 169 cm³/mol. The molecule has 0 aliphatic heterocycles. The van der Waals surface area contributed by atoms with Crippen LogP contribution in [0.15, 0.2) is 106 Å². The predicted octanol–water partition coefficient (Wildman–Crippen LogP) is 6.89. The molecule has 0 saturated carbocycles. The fourth-order valence-electron chi connectivity index (χ4n) is 6.74. The van der Waals surface area contributed by atoms with Crippen molar-refractivity contribution in [2.24, 2.45) is 0 Å². The number of hydrogen-bond donors (Lipinski definition) is 3. The Morgan fingerprint density at radius 1 is 0.341 bits per heavy atom. The lowest BCUT2D eigenvalue weighted by atomic mass is 9.86. The fourth-order valence-corrected chi connectivity index (χ4v) is 8.84.